The zero-order valence-corrected chi connectivity index (χ0v) is 10.3. The average molecular weight is 239 g/mol. The molecule has 0 N–H and O–H groups in total. The lowest BCUT2D eigenvalue weighted by molar-refractivity contribution is 0.153. The Balaban J connectivity index is 2.85. The highest BCUT2D eigenvalue weighted by molar-refractivity contribution is 5.82. The summed E-state index contributed by atoms with van der Waals surface area (Å²) in [6.45, 7) is 7.37. The van der Waals surface area contributed by atoms with Crippen LogP contribution in [0.15, 0.2) is 6.07 Å². The summed E-state index contributed by atoms with van der Waals surface area (Å²) in [5.74, 6) is 0. The molecule has 0 saturated carbocycles. The zero-order valence-electron chi connectivity index (χ0n) is 10.3. The summed E-state index contributed by atoms with van der Waals surface area (Å²) in [5.41, 5.74) is 1.77. The highest BCUT2D eigenvalue weighted by atomic mass is 19.3. The van der Waals surface area contributed by atoms with Crippen molar-refractivity contribution in [3.05, 3.63) is 23.0 Å². The Labute approximate surface area is 98.5 Å². The van der Waals surface area contributed by atoms with Crippen LogP contribution < -0.4 is 0 Å². The van der Waals surface area contributed by atoms with Gasteiger partial charge in [-0.05, 0) is 33.8 Å². The van der Waals surface area contributed by atoms with Crippen molar-refractivity contribution in [3.8, 4) is 0 Å². The fourth-order valence-electron chi connectivity index (χ4n) is 2.01. The Hall–Kier alpha value is -1.52. The van der Waals surface area contributed by atoms with E-state index in [0.717, 1.165) is 0 Å². The summed E-state index contributed by atoms with van der Waals surface area (Å²) in [7, 11) is 0. The summed E-state index contributed by atoms with van der Waals surface area (Å²) in [6.07, 6.45) is -2.50. The molecule has 0 spiro atoms. The lowest BCUT2D eigenvalue weighted by Gasteiger charge is -2.08. The minimum Gasteiger partial charge on any atom is -0.244 e. The number of alkyl halides is 2. The molecule has 0 bridgehead atoms. The van der Waals surface area contributed by atoms with Crippen molar-refractivity contribution in [1.82, 2.24) is 14.8 Å². The molecular formula is C12H15F2N3. The van der Waals surface area contributed by atoms with Crippen LogP contribution in [0.25, 0.3) is 11.0 Å². The quantitative estimate of drug-likeness (QED) is 0.802. The average Bonchev–Trinajstić information content (AvgIpc) is 2.54. The third-order valence-corrected chi connectivity index (χ3v) is 2.72. The summed E-state index contributed by atoms with van der Waals surface area (Å²) < 4.78 is 27.7. The second-order valence-corrected chi connectivity index (χ2v) is 4.48. The summed E-state index contributed by atoms with van der Waals surface area (Å²) in [5, 5.41) is 4.78. The number of pyridine rings is 1. The van der Waals surface area contributed by atoms with Crippen LogP contribution in [0, 0.1) is 13.8 Å². The Morgan fingerprint density at radius 2 is 1.88 bits per heavy atom. The van der Waals surface area contributed by atoms with E-state index >= 15 is 0 Å². The molecule has 0 fully saturated rings. The molecule has 0 aliphatic heterocycles. The third kappa shape index (κ3) is 1.90. The molecule has 3 nitrogen and oxygen atoms in total. The molecule has 2 aromatic rings. The van der Waals surface area contributed by atoms with Gasteiger partial charge in [0.05, 0.1) is 11.1 Å². The maximum Gasteiger partial charge on any atom is 0.264 e. The van der Waals surface area contributed by atoms with E-state index in [1.165, 1.54) is 6.07 Å². The summed E-state index contributed by atoms with van der Waals surface area (Å²) >= 11 is 0. The van der Waals surface area contributed by atoms with Crippen LogP contribution in [0.4, 0.5) is 8.78 Å². The molecule has 0 aliphatic carbocycles. The normalized spacial score (nSPS) is 12.0. The maximum atomic E-state index is 13.0. The monoisotopic (exact) mass is 239 g/mol. The molecule has 0 atom stereocenters. The molecule has 2 aromatic heterocycles. The molecule has 92 valence electrons. The largest absolute Gasteiger partial charge is 0.264 e. The first-order valence-corrected chi connectivity index (χ1v) is 5.56. The summed E-state index contributed by atoms with van der Waals surface area (Å²) in [4.78, 5) is 4.33. The van der Waals surface area contributed by atoms with Gasteiger partial charge in [0.2, 0.25) is 0 Å². The number of rotatable bonds is 2. The van der Waals surface area contributed by atoms with Crippen LogP contribution >= 0.6 is 0 Å². The first-order valence-electron chi connectivity index (χ1n) is 5.56. The van der Waals surface area contributed by atoms with Crippen molar-refractivity contribution in [2.45, 2.75) is 40.2 Å². The minimum atomic E-state index is -2.50. The van der Waals surface area contributed by atoms with Crippen molar-refractivity contribution < 1.29 is 8.78 Å². The van der Waals surface area contributed by atoms with E-state index in [1.807, 2.05) is 13.8 Å². The number of aromatic nitrogens is 3. The van der Waals surface area contributed by atoms with Crippen LogP contribution in [0.5, 0.6) is 0 Å². The van der Waals surface area contributed by atoms with E-state index in [-0.39, 0.29) is 11.6 Å². The first kappa shape index (κ1) is 12.0. The number of fused-ring (bicyclic) bond motifs is 1. The van der Waals surface area contributed by atoms with Gasteiger partial charge in [0.25, 0.3) is 6.43 Å². The molecule has 2 rings (SSSR count). The molecular weight excluding hydrogens is 224 g/mol. The molecule has 0 saturated heterocycles. The zero-order chi connectivity index (χ0) is 12.7. The SMILES string of the molecule is Cc1cc(C(F)F)c2c(C)nn(C(C)C)c2n1. The molecule has 0 amide bonds. The van der Waals surface area contributed by atoms with Gasteiger partial charge in [-0.25, -0.2) is 18.4 Å². The van der Waals surface area contributed by atoms with Crippen molar-refractivity contribution in [2.24, 2.45) is 0 Å². The highest BCUT2D eigenvalue weighted by Gasteiger charge is 2.20. The minimum absolute atomic E-state index is 0.0249. The van der Waals surface area contributed by atoms with Crippen LogP contribution in [0.2, 0.25) is 0 Å². The number of hydrogen-bond acceptors (Lipinski definition) is 2. The predicted octanol–water partition coefficient (Wildman–Crippen LogP) is 3.57. The van der Waals surface area contributed by atoms with Crippen molar-refractivity contribution >= 4 is 11.0 Å². The lowest BCUT2D eigenvalue weighted by Crippen LogP contribution is -2.04. The van der Waals surface area contributed by atoms with Gasteiger partial charge in [0, 0.05) is 17.3 Å². The molecule has 0 radical (unpaired) electrons. The van der Waals surface area contributed by atoms with Crippen molar-refractivity contribution in [1.29, 1.82) is 0 Å². The first-order chi connectivity index (χ1) is 7.91. The number of halogens is 2. The second-order valence-electron chi connectivity index (χ2n) is 4.48. The topological polar surface area (TPSA) is 30.7 Å². The van der Waals surface area contributed by atoms with Gasteiger partial charge in [-0.2, -0.15) is 5.10 Å². The standard InChI is InChI=1S/C12H15F2N3/c1-6(2)17-12-10(8(4)16-17)9(11(13)14)5-7(3)15-12/h5-6,11H,1-4H3. The van der Waals surface area contributed by atoms with Gasteiger partial charge < -0.3 is 0 Å². The number of aryl methyl sites for hydroxylation is 2. The molecule has 0 aromatic carbocycles. The van der Waals surface area contributed by atoms with Gasteiger partial charge in [-0.3, -0.25) is 0 Å². The van der Waals surface area contributed by atoms with Crippen LogP contribution in [-0.2, 0) is 0 Å². The maximum absolute atomic E-state index is 13.0. The molecule has 0 aliphatic rings. The third-order valence-electron chi connectivity index (χ3n) is 2.72. The number of hydrogen-bond donors (Lipinski definition) is 0. The Morgan fingerprint density at radius 1 is 1.24 bits per heavy atom. The van der Waals surface area contributed by atoms with Gasteiger partial charge in [-0.15, -0.1) is 0 Å². The van der Waals surface area contributed by atoms with E-state index < -0.39 is 6.43 Å². The Kier molecular flexibility index (Phi) is 2.85. The Morgan fingerprint density at radius 3 is 2.41 bits per heavy atom. The van der Waals surface area contributed by atoms with Gasteiger partial charge >= 0.3 is 0 Å². The van der Waals surface area contributed by atoms with E-state index in [2.05, 4.69) is 10.1 Å². The van der Waals surface area contributed by atoms with E-state index in [9.17, 15) is 8.78 Å². The Bertz CT molecular complexity index is 558. The van der Waals surface area contributed by atoms with E-state index in [1.54, 1.807) is 18.5 Å². The summed E-state index contributed by atoms with van der Waals surface area (Å²) in [6, 6.07) is 1.54. The van der Waals surface area contributed by atoms with Crippen molar-refractivity contribution in [3.63, 3.8) is 0 Å². The van der Waals surface area contributed by atoms with Crippen LogP contribution in [-0.4, -0.2) is 14.8 Å². The second kappa shape index (κ2) is 4.05. The van der Waals surface area contributed by atoms with Crippen LogP contribution in [0.3, 0.4) is 0 Å². The van der Waals surface area contributed by atoms with Gasteiger partial charge in [0.15, 0.2) is 5.65 Å². The molecule has 2 heterocycles. The molecule has 17 heavy (non-hydrogen) atoms. The molecule has 0 unspecified atom stereocenters. The highest BCUT2D eigenvalue weighted by Crippen LogP contribution is 2.30. The van der Waals surface area contributed by atoms with Crippen LogP contribution in [0.1, 0.15) is 43.3 Å². The fourth-order valence-corrected chi connectivity index (χ4v) is 2.01. The van der Waals surface area contributed by atoms with Crippen molar-refractivity contribution in [2.75, 3.05) is 0 Å². The van der Waals surface area contributed by atoms with Gasteiger partial charge in [0.1, 0.15) is 0 Å². The smallest absolute Gasteiger partial charge is 0.244 e. The van der Waals surface area contributed by atoms with E-state index in [0.29, 0.717) is 22.4 Å². The number of nitrogens with zero attached hydrogens (tertiary/aromatic N) is 3. The van der Waals surface area contributed by atoms with Gasteiger partial charge in [-0.1, -0.05) is 0 Å². The molecule has 5 heteroatoms. The van der Waals surface area contributed by atoms with E-state index in [4.69, 9.17) is 0 Å². The lowest BCUT2D eigenvalue weighted by atomic mass is 10.1. The fraction of sp³-hybridized carbons (Fsp3) is 0.500. The predicted molar refractivity (Wildman–Crippen MR) is 62.3 cm³/mol.